The smallest absolute Gasteiger partial charge is 0.119 e. The maximum atomic E-state index is 10.3. The molecule has 1 unspecified atom stereocenters. The first-order valence-corrected chi connectivity index (χ1v) is 8.79. The van der Waals surface area contributed by atoms with Gasteiger partial charge in [0.15, 0.2) is 0 Å². The van der Waals surface area contributed by atoms with E-state index in [0.29, 0.717) is 5.75 Å². The normalized spacial score (nSPS) is 16.8. The zero-order chi connectivity index (χ0) is 16.1. The Bertz CT molecular complexity index is 604. The van der Waals surface area contributed by atoms with Crippen LogP contribution < -0.4 is 0 Å². The molecule has 3 rings (SSSR count). The van der Waals surface area contributed by atoms with E-state index in [9.17, 15) is 5.11 Å². The monoisotopic (exact) mass is 309 g/mol. The molecule has 0 saturated heterocycles. The van der Waals surface area contributed by atoms with Crippen LogP contribution in [0.1, 0.15) is 49.1 Å². The number of hydrogen-bond donors (Lipinski definition) is 1. The maximum absolute atomic E-state index is 10.3. The summed E-state index contributed by atoms with van der Waals surface area (Å²) < 4.78 is 0. The van der Waals surface area contributed by atoms with Crippen molar-refractivity contribution >= 4 is 0 Å². The third-order valence-corrected chi connectivity index (χ3v) is 5.23. The lowest BCUT2D eigenvalue weighted by Crippen LogP contribution is -2.31. The van der Waals surface area contributed by atoms with E-state index in [0.717, 1.165) is 24.6 Å². The van der Waals surface area contributed by atoms with Gasteiger partial charge in [0.2, 0.25) is 0 Å². The summed E-state index contributed by atoms with van der Waals surface area (Å²) in [6, 6.07) is 19.1. The Morgan fingerprint density at radius 3 is 2.35 bits per heavy atom. The van der Waals surface area contributed by atoms with Crippen molar-refractivity contribution in [3.8, 4) is 5.75 Å². The molecule has 1 aliphatic carbocycles. The van der Waals surface area contributed by atoms with Gasteiger partial charge in [0.25, 0.3) is 0 Å². The van der Waals surface area contributed by atoms with Gasteiger partial charge in [-0.15, -0.1) is 0 Å². The topological polar surface area (TPSA) is 23.5 Å². The van der Waals surface area contributed by atoms with Gasteiger partial charge in [-0.2, -0.15) is 0 Å². The molecule has 0 bridgehead atoms. The number of rotatable bonds is 6. The van der Waals surface area contributed by atoms with Crippen molar-refractivity contribution in [3.05, 3.63) is 65.7 Å². The molecule has 1 atom stereocenters. The van der Waals surface area contributed by atoms with Crippen molar-refractivity contribution in [3.63, 3.8) is 0 Å². The quantitative estimate of drug-likeness (QED) is 0.829. The third kappa shape index (κ3) is 3.94. The second-order valence-corrected chi connectivity index (χ2v) is 6.73. The fourth-order valence-corrected chi connectivity index (χ4v) is 3.83. The molecular weight excluding hydrogens is 282 g/mol. The molecule has 1 aliphatic rings. The largest absolute Gasteiger partial charge is 0.508 e. The van der Waals surface area contributed by atoms with Crippen LogP contribution in [0.4, 0.5) is 0 Å². The molecule has 23 heavy (non-hydrogen) atoms. The van der Waals surface area contributed by atoms with Crippen molar-refractivity contribution in [1.29, 1.82) is 0 Å². The van der Waals surface area contributed by atoms with Crippen LogP contribution in [0.15, 0.2) is 54.6 Å². The highest BCUT2D eigenvalue weighted by Gasteiger charge is 2.22. The zero-order valence-corrected chi connectivity index (χ0v) is 14.0. The molecule has 0 radical (unpaired) electrons. The number of phenolic OH excluding ortho intramolecular Hbond substituents is 1. The molecule has 0 aliphatic heterocycles. The van der Waals surface area contributed by atoms with Crippen LogP contribution in [-0.2, 0) is 0 Å². The first kappa shape index (κ1) is 16.1. The fraction of sp³-hybridized carbons (Fsp3) is 0.429. The summed E-state index contributed by atoms with van der Waals surface area (Å²) in [7, 11) is 2.25. The van der Waals surface area contributed by atoms with Gasteiger partial charge in [-0.25, -0.2) is 0 Å². The van der Waals surface area contributed by atoms with Crippen LogP contribution >= 0.6 is 0 Å². The third-order valence-electron chi connectivity index (χ3n) is 5.23. The molecular formula is C21H27NO. The molecule has 2 heteroatoms. The molecule has 0 aromatic heterocycles. The molecule has 1 fully saturated rings. The molecule has 0 heterocycles. The van der Waals surface area contributed by atoms with Crippen molar-refractivity contribution in [2.45, 2.75) is 44.1 Å². The lowest BCUT2D eigenvalue weighted by molar-refractivity contribution is 0.239. The van der Waals surface area contributed by atoms with Crippen LogP contribution in [-0.4, -0.2) is 29.6 Å². The minimum Gasteiger partial charge on any atom is -0.508 e. The Kier molecular flexibility index (Phi) is 5.35. The number of nitrogens with zero attached hydrogens (tertiary/aromatic N) is 1. The van der Waals surface area contributed by atoms with Gasteiger partial charge in [0.05, 0.1) is 0 Å². The van der Waals surface area contributed by atoms with Crippen LogP contribution in [0.3, 0.4) is 0 Å². The number of aromatic hydroxyl groups is 1. The number of benzene rings is 2. The number of phenols is 1. The minimum absolute atomic E-state index is 0.251. The van der Waals surface area contributed by atoms with Gasteiger partial charge in [0.1, 0.15) is 5.75 Å². The highest BCUT2D eigenvalue weighted by Crippen LogP contribution is 2.34. The fourth-order valence-electron chi connectivity index (χ4n) is 3.83. The first-order valence-electron chi connectivity index (χ1n) is 8.79. The lowest BCUT2D eigenvalue weighted by atomic mass is 9.87. The highest BCUT2D eigenvalue weighted by atomic mass is 16.3. The maximum Gasteiger partial charge on any atom is 0.119 e. The van der Waals surface area contributed by atoms with Gasteiger partial charge in [0, 0.05) is 17.5 Å². The molecule has 2 aromatic carbocycles. The second kappa shape index (κ2) is 7.65. The Morgan fingerprint density at radius 1 is 1.00 bits per heavy atom. The molecule has 2 aromatic rings. The highest BCUT2D eigenvalue weighted by molar-refractivity contribution is 5.41. The summed E-state index contributed by atoms with van der Waals surface area (Å²) in [5, 5.41) is 10.3. The number of hydrogen-bond acceptors (Lipinski definition) is 2. The van der Waals surface area contributed by atoms with Crippen LogP contribution in [0.25, 0.3) is 0 Å². The molecule has 122 valence electrons. The molecule has 0 spiro atoms. The lowest BCUT2D eigenvalue weighted by Gasteiger charge is -2.27. The van der Waals surface area contributed by atoms with Gasteiger partial charge in [-0.3, -0.25) is 0 Å². The van der Waals surface area contributed by atoms with Crippen molar-refractivity contribution < 1.29 is 5.11 Å². The van der Waals surface area contributed by atoms with Gasteiger partial charge < -0.3 is 10.0 Å². The van der Waals surface area contributed by atoms with Crippen molar-refractivity contribution in [2.75, 3.05) is 13.6 Å². The van der Waals surface area contributed by atoms with E-state index < -0.39 is 0 Å². The summed E-state index contributed by atoms with van der Waals surface area (Å²) in [6.45, 7) is 1.07. The molecule has 1 saturated carbocycles. The average molecular weight is 309 g/mol. The Balaban J connectivity index is 1.77. The SMILES string of the molecule is CN(CCC(c1ccccc1)c1ccccc1O)C1CCCC1. The Labute approximate surface area is 139 Å². The summed E-state index contributed by atoms with van der Waals surface area (Å²) in [5.41, 5.74) is 2.33. The van der Waals surface area contributed by atoms with Crippen molar-refractivity contribution in [1.82, 2.24) is 4.90 Å². The van der Waals surface area contributed by atoms with Crippen LogP contribution in [0.5, 0.6) is 5.75 Å². The second-order valence-electron chi connectivity index (χ2n) is 6.73. The zero-order valence-electron chi connectivity index (χ0n) is 14.0. The van der Waals surface area contributed by atoms with E-state index in [1.165, 1.54) is 31.2 Å². The Hall–Kier alpha value is -1.80. The average Bonchev–Trinajstić information content (AvgIpc) is 3.12. The molecule has 2 nitrogen and oxygen atoms in total. The van der Waals surface area contributed by atoms with E-state index in [-0.39, 0.29) is 5.92 Å². The van der Waals surface area contributed by atoms with Crippen LogP contribution in [0.2, 0.25) is 0 Å². The molecule has 0 amide bonds. The summed E-state index contributed by atoms with van der Waals surface area (Å²) in [5.74, 6) is 0.658. The molecule has 1 N–H and O–H groups in total. The van der Waals surface area contributed by atoms with E-state index in [2.05, 4.69) is 48.3 Å². The minimum atomic E-state index is 0.251. The predicted octanol–water partition coefficient (Wildman–Crippen LogP) is 4.79. The van der Waals surface area contributed by atoms with E-state index in [1.54, 1.807) is 6.07 Å². The predicted molar refractivity (Wildman–Crippen MR) is 95.9 cm³/mol. The van der Waals surface area contributed by atoms with Gasteiger partial charge in [-0.05, 0) is 44.5 Å². The summed E-state index contributed by atoms with van der Waals surface area (Å²) in [6.07, 6.45) is 6.45. The van der Waals surface area contributed by atoms with E-state index >= 15 is 0 Å². The van der Waals surface area contributed by atoms with Crippen LogP contribution in [0, 0.1) is 0 Å². The van der Waals surface area contributed by atoms with Gasteiger partial charge in [-0.1, -0.05) is 61.4 Å². The number of para-hydroxylation sites is 1. The van der Waals surface area contributed by atoms with Gasteiger partial charge >= 0.3 is 0 Å². The van der Waals surface area contributed by atoms with Crippen molar-refractivity contribution in [2.24, 2.45) is 0 Å². The standard InChI is InChI=1S/C21H27NO/c1-22(18-11-5-6-12-18)16-15-19(17-9-3-2-4-10-17)20-13-7-8-14-21(20)23/h2-4,7-10,13-14,18-19,23H,5-6,11-12,15-16H2,1H3. The Morgan fingerprint density at radius 2 is 1.65 bits per heavy atom. The summed E-state index contributed by atoms with van der Waals surface area (Å²) >= 11 is 0. The van der Waals surface area contributed by atoms with E-state index in [4.69, 9.17) is 0 Å². The summed E-state index contributed by atoms with van der Waals surface area (Å²) in [4.78, 5) is 2.52. The van der Waals surface area contributed by atoms with E-state index in [1.807, 2.05) is 12.1 Å². The first-order chi connectivity index (χ1) is 11.3.